The van der Waals surface area contributed by atoms with E-state index >= 15 is 0 Å². The number of amidine groups is 1. The Morgan fingerprint density at radius 1 is 1.35 bits per heavy atom. The summed E-state index contributed by atoms with van der Waals surface area (Å²) in [6, 6.07) is 9.41. The summed E-state index contributed by atoms with van der Waals surface area (Å²) < 4.78 is 0. The number of hydrogen-bond acceptors (Lipinski definition) is 6. The van der Waals surface area contributed by atoms with Crippen molar-refractivity contribution in [2.45, 2.75) is 6.92 Å². The molecule has 0 aliphatic carbocycles. The van der Waals surface area contributed by atoms with Gasteiger partial charge in [0, 0.05) is 13.1 Å². The topological polar surface area (TPSA) is 83.4 Å². The van der Waals surface area contributed by atoms with Gasteiger partial charge in [-0.25, -0.2) is 9.98 Å². The van der Waals surface area contributed by atoms with Crippen molar-refractivity contribution < 1.29 is 9.59 Å². The van der Waals surface area contributed by atoms with Crippen LogP contribution < -0.4 is 10.6 Å². The van der Waals surface area contributed by atoms with E-state index in [-0.39, 0.29) is 11.8 Å². The van der Waals surface area contributed by atoms with Crippen molar-refractivity contribution >= 4 is 57.0 Å². The van der Waals surface area contributed by atoms with E-state index in [0.717, 1.165) is 10.6 Å². The molecule has 1 aromatic carbocycles. The highest BCUT2D eigenvalue weighted by Gasteiger charge is 2.24. The highest BCUT2D eigenvalue weighted by atomic mass is 32.2. The fourth-order valence-electron chi connectivity index (χ4n) is 1.79. The summed E-state index contributed by atoms with van der Waals surface area (Å²) in [5, 5.41) is 6.39. The van der Waals surface area contributed by atoms with E-state index in [1.165, 1.54) is 30.0 Å². The van der Waals surface area contributed by atoms with Crippen LogP contribution in [-0.4, -0.2) is 22.0 Å². The molecule has 0 radical (unpaired) electrons. The molecule has 0 bridgehead atoms. The zero-order valence-electron chi connectivity index (χ0n) is 12.1. The van der Waals surface area contributed by atoms with Crippen molar-refractivity contribution in [2.75, 3.05) is 5.32 Å². The van der Waals surface area contributed by atoms with Gasteiger partial charge in [-0.2, -0.15) is 0 Å². The molecule has 3 rings (SSSR count). The lowest BCUT2D eigenvalue weighted by Gasteiger charge is -1.94. The lowest BCUT2D eigenvalue weighted by molar-refractivity contribution is -0.115. The molecule has 8 heteroatoms. The summed E-state index contributed by atoms with van der Waals surface area (Å²) in [5.74, 6) is -0.372. The average Bonchev–Trinajstić information content (AvgIpc) is 3.07. The van der Waals surface area contributed by atoms with Gasteiger partial charge >= 0.3 is 0 Å². The Balaban J connectivity index is 1.76. The molecule has 1 aliphatic heterocycles. The predicted molar refractivity (Wildman–Crippen MR) is 93.7 cm³/mol. The Labute approximate surface area is 140 Å². The molecular formula is C15H12N4O2S2. The predicted octanol–water partition coefficient (Wildman–Crippen LogP) is 2.99. The Bertz CT molecular complexity index is 812. The maximum atomic E-state index is 12.0. The number of hydrogen-bond donors (Lipinski definition) is 2. The number of nitrogens with one attached hydrogen (secondary N) is 2. The van der Waals surface area contributed by atoms with E-state index in [9.17, 15) is 9.59 Å². The van der Waals surface area contributed by atoms with Crippen LogP contribution in [0.2, 0.25) is 0 Å². The van der Waals surface area contributed by atoms with Crippen LogP contribution in [0.5, 0.6) is 0 Å². The fourth-order valence-corrected chi connectivity index (χ4v) is 3.50. The van der Waals surface area contributed by atoms with E-state index in [0.29, 0.717) is 15.2 Å². The van der Waals surface area contributed by atoms with Crippen molar-refractivity contribution in [3.63, 3.8) is 0 Å². The van der Waals surface area contributed by atoms with Crippen LogP contribution in [0.3, 0.4) is 0 Å². The molecule has 2 aromatic rings. The van der Waals surface area contributed by atoms with Crippen LogP contribution in [0, 0.1) is 0 Å². The molecule has 1 saturated heterocycles. The maximum Gasteiger partial charge on any atom is 0.264 e. The molecule has 23 heavy (non-hydrogen) atoms. The lowest BCUT2D eigenvalue weighted by atomic mass is 10.3. The molecule has 0 atom stereocenters. The van der Waals surface area contributed by atoms with Crippen molar-refractivity contribution in [1.82, 2.24) is 10.3 Å². The van der Waals surface area contributed by atoms with Gasteiger partial charge in [0.25, 0.3) is 5.91 Å². The number of anilines is 1. The number of thioether (sulfide) groups is 1. The van der Waals surface area contributed by atoms with Gasteiger partial charge in [0.05, 0.1) is 15.5 Å². The molecule has 2 amide bonds. The van der Waals surface area contributed by atoms with Gasteiger partial charge in [-0.1, -0.05) is 29.5 Å². The van der Waals surface area contributed by atoms with Crippen molar-refractivity contribution in [3.8, 4) is 0 Å². The smallest absolute Gasteiger partial charge is 0.264 e. The number of aliphatic imine (C=N–C) groups is 1. The van der Waals surface area contributed by atoms with Crippen LogP contribution in [0.4, 0.5) is 10.8 Å². The normalized spacial score (nSPS) is 17.5. The Kier molecular flexibility index (Phi) is 4.54. The molecule has 1 aromatic heterocycles. The third-order valence-electron chi connectivity index (χ3n) is 2.72. The van der Waals surface area contributed by atoms with E-state index < -0.39 is 0 Å². The fraction of sp³-hybridized carbons (Fsp3) is 0.0667. The first kappa shape index (κ1) is 15.4. The number of rotatable bonds is 3. The number of benzene rings is 1. The molecule has 2 heterocycles. The monoisotopic (exact) mass is 344 g/mol. The zero-order chi connectivity index (χ0) is 16.2. The highest BCUT2D eigenvalue weighted by Crippen LogP contribution is 2.30. The number of nitrogens with zero attached hydrogens (tertiary/aromatic N) is 2. The first-order chi connectivity index (χ1) is 11.1. The quantitative estimate of drug-likeness (QED) is 0.839. The third kappa shape index (κ3) is 4.05. The van der Waals surface area contributed by atoms with Crippen LogP contribution in [0.1, 0.15) is 11.8 Å². The van der Waals surface area contributed by atoms with Crippen molar-refractivity contribution in [2.24, 2.45) is 4.99 Å². The molecule has 0 saturated carbocycles. The SMILES string of the molecule is CC(=O)Nc1ncc(C=C2SC(=Nc3ccccc3)NC2=O)s1. The average molecular weight is 344 g/mol. The van der Waals surface area contributed by atoms with Crippen LogP contribution >= 0.6 is 23.1 Å². The Hall–Kier alpha value is -2.45. The van der Waals surface area contributed by atoms with Gasteiger partial charge in [-0.05, 0) is 30.0 Å². The van der Waals surface area contributed by atoms with E-state index in [2.05, 4.69) is 20.6 Å². The van der Waals surface area contributed by atoms with Crippen molar-refractivity contribution in [1.29, 1.82) is 0 Å². The molecule has 1 aliphatic rings. The van der Waals surface area contributed by atoms with Gasteiger partial charge in [0.2, 0.25) is 5.91 Å². The summed E-state index contributed by atoms with van der Waals surface area (Å²) in [7, 11) is 0. The summed E-state index contributed by atoms with van der Waals surface area (Å²) in [6.07, 6.45) is 3.35. The zero-order valence-corrected chi connectivity index (χ0v) is 13.7. The Morgan fingerprint density at radius 2 is 2.13 bits per heavy atom. The van der Waals surface area contributed by atoms with Gasteiger partial charge in [0.15, 0.2) is 10.3 Å². The van der Waals surface area contributed by atoms with Gasteiger partial charge < -0.3 is 10.6 Å². The minimum atomic E-state index is -0.195. The molecule has 6 nitrogen and oxygen atoms in total. The molecule has 0 unspecified atom stereocenters. The molecular weight excluding hydrogens is 332 g/mol. The third-order valence-corrected chi connectivity index (χ3v) is 4.49. The van der Waals surface area contributed by atoms with Crippen molar-refractivity contribution in [3.05, 3.63) is 46.3 Å². The standard InChI is InChI=1S/C15H12N4O2S2/c1-9(20)17-14-16-8-11(22-14)7-12-13(21)19-15(23-12)18-10-5-3-2-4-6-10/h2-8H,1H3,(H,16,17,20)(H,18,19,21). The van der Waals surface area contributed by atoms with E-state index in [4.69, 9.17) is 0 Å². The summed E-state index contributed by atoms with van der Waals surface area (Å²) in [4.78, 5) is 32.8. The second kappa shape index (κ2) is 6.76. The summed E-state index contributed by atoms with van der Waals surface area (Å²) >= 11 is 2.58. The number of aromatic nitrogens is 1. The number of para-hydroxylation sites is 1. The second-order valence-corrected chi connectivity index (χ2v) is 6.66. The number of carbonyl (C=O) groups is 2. The van der Waals surface area contributed by atoms with Crippen LogP contribution in [-0.2, 0) is 9.59 Å². The Morgan fingerprint density at radius 3 is 2.87 bits per heavy atom. The van der Waals surface area contributed by atoms with Crippen LogP contribution in [0.15, 0.2) is 46.4 Å². The summed E-state index contributed by atoms with van der Waals surface area (Å²) in [6.45, 7) is 1.42. The van der Waals surface area contributed by atoms with Gasteiger partial charge in [-0.15, -0.1) is 0 Å². The number of amides is 2. The van der Waals surface area contributed by atoms with E-state index in [1.807, 2.05) is 30.3 Å². The lowest BCUT2D eigenvalue weighted by Crippen LogP contribution is -2.19. The highest BCUT2D eigenvalue weighted by molar-refractivity contribution is 8.18. The minimum absolute atomic E-state index is 0.177. The maximum absolute atomic E-state index is 12.0. The molecule has 1 fully saturated rings. The van der Waals surface area contributed by atoms with E-state index in [1.54, 1.807) is 12.3 Å². The molecule has 116 valence electrons. The molecule has 2 N–H and O–H groups in total. The van der Waals surface area contributed by atoms with Crippen LogP contribution in [0.25, 0.3) is 6.08 Å². The largest absolute Gasteiger partial charge is 0.302 e. The first-order valence-electron chi connectivity index (χ1n) is 6.68. The van der Waals surface area contributed by atoms with Gasteiger partial charge in [-0.3, -0.25) is 9.59 Å². The number of carbonyl (C=O) groups excluding carboxylic acids is 2. The number of thiazole rings is 1. The summed E-state index contributed by atoms with van der Waals surface area (Å²) in [5.41, 5.74) is 0.780. The second-order valence-electron chi connectivity index (χ2n) is 4.57. The minimum Gasteiger partial charge on any atom is -0.302 e. The first-order valence-corrected chi connectivity index (χ1v) is 8.31. The molecule has 0 spiro atoms. The van der Waals surface area contributed by atoms with Gasteiger partial charge in [0.1, 0.15) is 0 Å².